The molecule has 2 aromatic rings. The lowest BCUT2D eigenvalue weighted by Crippen LogP contribution is -2.45. The second kappa shape index (κ2) is 7.56. The maximum absolute atomic E-state index is 12.8. The van der Waals surface area contributed by atoms with Crippen molar-refractivity contribution in [1.29, 1.82) is 0 Å². The molecule has 2 N–H and O–H groups in total. The van der Waals surface area contributed by atoms with Gasteiger partial charge >= 0.3 is 5.97 Å². The fraction of sp³-hybridized carbons (Fsp3) is 0.350. The number of nitrogens with one attached hydrogen (secondary N) is 1. The summed E-state index contributed by atoms with van der Waals surface area (Å²) in [6.07, 6.45) is 3.85. The van der Waals surface area contributed by atoms with Crippen molar-refractivity contribution in [1.82, 2.24) is 9.88 Å². The normalized spacial score (nSPS) is 14.3. The van der Waals surface area contributed by atoms with Crippen molar-refractivity contribution in [3.05, 3.63) is 69.1 Å². The summed E-state index contributed by atoms with van der Waals surface area (Å²) >= 11 is 0. The SMILES string of the molecule is CN(C(=O)c1cc2c([nH]c1=O)CCCC2)C(Cc1ccccc1)C(=O)O. The second-order valence-electron chi connectivity index (χ2n) is 6.68. The van der Waals surface area contributed by atoms with E-state index >= 15 is 0 Å². The van der Waals surface area contributed by atoms with Gasteiger partial charge in [0.2, 0.25) is 0 Å². The van der Waals surface area contributed by atoms with Crippen LogP contribution in [0.2, 0.25) is 0 Å². The lowest BCUT2D eigenvalue weighted by molar-refractivity contribution is -0.141. The van der Waals surface area contributed by atoms with Gasteiger partial charge in [0, 0.05) is 19.2 Å². The van der Waals surface area contributed by atoms with E-state index < -0.39 is 23.5 Å². The first-order valence-corrected chi connectivity index (χ1v) is 8.76. The van der Waals surface area contributed by atoms with Crippen LogP contribution in [0, 0.1) is 0 Å². The number of carboxylic acid groups (broad SMARTS) is 1. The molecule has 1 aromatic heterocycles. The van der Waals surface area contributed by atoms with Crippen LogP contribution in [0.15, 0.2) is 41.2 Å². The number of hydrogen-bond donors (Lipinski definition) is 2. The van der Waals surface area contributed by atoms with E-state index in [1.165, 1.54) is 7.05 Å². The predicted molar refractivity (Wildman–Crippen MR) is 97.4 cm³/mol. The van der Waals surface area contributed by atoms with Crippen LogP contribution in [0.4, 0.5) is 0 Å². The van der Waals surface area contributed by atoms with E-state index in [0.29, 0.717) is 0 Å². The maximum Gasteiger partial charge on any atom is 0.326 e. The lowest BCUT2D eigenvalue weighted by Gasteiger charge is -2.25. The summed E-state index contributed by atoms with van der Waals surface area (Å²) in [6, 6.07) is 9.73. The van der Waals surface area contributed by atoms with Crippen LogP contribution in [0.25, 0.3) is 0 Å². The zero-order valence-corrected chi connectivity index (χ0v) is 14.7. The fourth-order valence-corrected chi connectivity index (χ4v) is 3.39. The number of likely N-dealkylation sites (N-methyl/N-ethyl adjacent to an activating group) is 1. The number of rotatable bonds is 5. The average Bonchev–Trinajstić information content (AvgIpc) is 2.65. The van der Waals surface area contributed by atoms with Gasteiger partial charge in [-0.25, -0.2) is 4.79 Å². The summed E-state index contributed by atoms with van der Waals surface area (Å²) in [6.45, 7) is 0. The van der Waals surface area contributed by atoms with E-state index in [1.807, 2.05) is 30.3 Å². The van der Waals surface area contributed by atoms with E-state index in [9.17, 15) is 19.5 Å². The van der Waals surface area contributed by atoms with Gasteiger partial charge in [0.05, 0.1) is 0 Å². The molecule has 1 amide bonds. The Morgan fingerprint density at radius 1 is 1.19 bits per heavy atom. The first-order valence-electron chi connectivity index (χ1n) is 8.76. The minimum Gasteiger partial charge on any atom is -0.480 e. The van der Waals surface area contributed by atoms with Gasteiger partial charge in [-0.3, -0.25) is 9.59 Å². The summed E-state index contributed by atoms with van der Waals surface area (Å²) in [4.78, 5) is 40.8. The Kier molecular flexibility index (Phi) is 5.21. The largest absolute Gasteiger partial charge is 0.480 e. The Morgan fingerprint density at radius 3 is 2.58 bits per heavy atom. The van der Waals surface area contributed by atoms with E-state index in [2.05, 4.69) is 4.98 Å². The van der Waals surface area contributed by atoms with Gasteiger partial charge < -0.3 is 15.0 Å². The molecule has 0 bridgehead atoms. The van der Waals surface area contributed by atoms with Gasteiger partial charge in [-0.05, 0) is 42.9 Å². The Hall–Kier alpha value is -2.89. The third-order valence-electron chi connectivity index (χ3n) is 4.91. The molecule has 0 aliphatic heterocycles. The average molecular weight is 354 g/mol. The number of aromatic amines is 1. The van der Waals surface area contributed by atoms with Crippen molar-refractivity contribution in [2.75, 3.05) is 7.05 Å². The van der Waals surface area contributed by atoms with Gasteiger partial charge in [0.1, 0.15) is 11.6 Å². The highest BCUT2D eigenvalue weighted by atomic mass is 16.4. The van der Waals surface area contributed by atoms with Crippen molar-refractivity contribution in [3.8, 4) is 0 Å². The second-order valence-corrected chi connectivity index (χ2v) is 6.68. The van der Waals surface area contributed by atoms with Crippen molar-refractivity contribution >= 4 is 11.9 Å². The quantitative estimate of drug-likeness (QED) is 0.859. The zero-order chi connectivity index (χ0) is 18.7. The van der Waals surface area contributed by atoms with E-state index in [0.717, 1.165) is 47.4 Å². The van der Waals surface area contributed by atoms with Crippen LogP contribution in [0.3, 0.4) is 0 Å². The van der Waals surface area contributed by atoms with E-state index in [4.69, 9.17) is 0 Å². The third-order valence-corrected chi connectivity index (χ3v) is 4.91. The number of aliphatic carboxylic acids is 1. The first-order chi connectivity index (χ1) is 12.5. The highest BCUT2D eigenvalue weighted by molar-refractivity contribution is 5.96. The lowest BCUT2D eigenvalue weighted by atomic mass is 9.94. The summed E-state index contributed by atoms with van der Waals surface area (Å²) in [5, 5.41) is 9.58. The van der Waals surface area contributed by atoms with Gasteiger partial charge in [-0.15, -0.1) is 0 Å². The molecule has 0 fully saturated rings. The minimum atomic E-state index is -1.10. The molecule has 6 heteroatoms. The van der Waals surface area contributed by atoms with Crippen LogP contribution in [0.5, 0.6) is 0 Å². The molecule has 0 saturated heterocycles. The van der Waals surface area contributed by atoms with Gasteiger partial charge in [-0.2, -0.15) is 0 Å². The van der Waals surface area contributed by atoms with Crippen LogP contribution >= 0.6 is 0 Å². The summed E-state index contributed by atoms with van der Waals surface area (Å²) in [5.74, 6) is -1.66. The van der Waals surface area contributed by atoms with E-state index in [1.54, 1.807) is 6.07 Å². The number of H-pyrrole nitrogens is 1. The number of benzene rings is 1. The van der Waals surface area contributed by atoms with E-state index in [-0.39, 0.29) is 12.0 Å². The van der Waals surface area contributed by atoms with Crippen molar-refractivity contribution in [3.63, 3.8) is 0 Å². The molecule has 3 rings (SSSR count). The molecule has 26 heavy (non-hydrogen) atoms. The Labute approximate surface area is 151 Å². The van der Waals surface area contributed by atoms with Gasteiger partial charge in [-0.1, -0.05) is 30.3 Å². The van der Waals surface area contributed by atoms with Crippen molar-refractivity contribution in [2.24, 2.45) is 0 Å². The summed E-state index contributed by atoms with van der Waals surface area (Å²) in [7, 11) is 1.43. The summed E-state index contributed by atoms with van der Waals surface area (Å²) < 4.78 is 0. The molecule has 1 aliphatic carbocycles. The van der Waals surface area contributed by atoms with Crippen LogP contribution in [0.1, 0.15) is 40.0 Å². The van der Waals surface area contributed by atoms with Crippen molar-refractivity contribution < 1.29 is 14.7 Å². The molecular formula is C20H22N2O4. The standard InChI is InChI=1S/C20H22N2O4/c1-22(17(20(25)26)11-13-7-3-2-4-8-13)19(24)15-12-14-9-5-6-10-16(14)21-18(15)23/h2-4,7-8,12,17H,5-6,9-11H2,1H3,(H,21,23)(H,25,26). The first kappa shape index (κ1) is 17.9. The molecular weight excluding hydrogens is 332 g/mol. The molecule has 0 radical (unpaired) electrons. The minimum absolute atomic E-state index is 0.00691. The van der Waals surface area contributed by atoms with Gasteiger partial charge in [0.25, 0.3) is 11.5 Å². The van der Waals surface area contributed by atoms with Crippen LogP contribution < -0.4 is 5.56 Å². The molecule has 1 unspecified atom stereocenters. The number of aromatic nitrogens is 1. The molecule has 1 atom stereocenters. The summed E-state index contributed by atoms with van der Waals surface area (Å²) in [5.41, 5.74) is 2.24. The number of nitrogens with zero attached hydrogens (tertiary/aromatic N) is 1. The smallest absolute Gasteiger partial charge is 0.326 e. The van der Waals surface area contributed by atoms with Crippen LogP contribution in [-0.4, -0.2) is 40.0 Å². The number of carboxylic acids is 1. The zero-order valence-electron chi connectivity index (χ0n) is 14.7. The van der Waals surface area contributed by atoms with Crippen LogP contribution in [-0.2, 0) is 24.1 Å². The highest BCUT2D eigenvalue weighted by Gasteiger charge is 2.29. The maximum atomic E-state index is 12.8. The molecule has 0 spiro atoms. The number of carbonyl (C=O) groups excluding carboxylic acids is 1. The number of pyridine rings is 1. The fourth-order valence-electron chi connectivity index (χ4n) is 3.39. The molecule has 1 aliphatic rings. The third kappa shape index (κ3) is 3.69. The number of aryl methyl sites for hydroxylation is 2. The molecule has 0 saturated carbocycles. The Bertz CT molecular complexity index is 873. The molecule has 6 nitrogen and oxygen atoms in total. The molecule has 1 aromatic carbocycles. The molecule has 1 heterocycles. The topological polar surface area (TPSA) is 90.5 Å². The molecule has 136 valence electrons. The highest BCUT2D eigenvalue weighted by Crippen LogP contribution is 2.19. The Morgan fingerprint density at radius 2 is 1.88 bits per heavy atom. The van der Waals surface area contributed by atoms with Crippen molar-refractivity contribution in [2.45, 2.75) is 38.1 Å². The number of hydrogen-bond acceptors (Lipinski definition) is 3. The number of fused-ring (bicyclic) bond motifs is 1. The predicted octanol–water partition coefficient (Wildman–Crippen LogP) is 2.02. The Balaban J connectivity index is 1.87. The monoisotopic (exact) mass is 354 g/mol. The number of carbonyl (C=O) groups is 2. The number of amides is 1. The van der Waals surface area contributed by atoms with Gasteiger partial charge in [0.15, 0.2) is 0 Å².